The van der Waals surface area contributed by atoms with E-state index in [0.717, 1.165) is 12.1 Å². The van der Waals surface area contributed by atoms with Crippen molar-refractivity contribution in [2.75, 3.05) is 0 Å². The van der Waals surface area contributed by atoms with Crippen LogP contribution in [-0.4, -0.2) is 23.0 Å². The highest BCUT2D eigenvalue weighted by molar-refractivity contribution is 5.96. The van der Waals surface area contributed by atoms with Crippen LogP contribution in [0.3, 0.4) is 0 Å². The van der Waals surface area contributed by atoms with E-state index in [1.165, 1.54) is 6.07 Å². The Morgan fingerprint density at radius 3 is 2.59 bits per heavy atom. The van der Waals surface area contributed by atoms with Gasteiger partial charge in [-0.1, -0.05) is 12.1 Å². The number of amides is 1. The summed E-state index contributed by atoms with van der Waals surface area (Å²) >= 11 is 0. The van der Waals surface area contributed by atoms with Crippen molar-refractivity contribution in [3.63, 3.8) is 0 Å². The smallest absolute Gasteiger partial charge is 0.416 e. The summed E-state index contributed by atoms with van der Waals surface area (Å²) in [5, 5.41) is 11.3. The minimum Gasteiger partial charge on any atom is -0.480 e. The number of alkyl halides is 3. The number of carboxylic acids is 1. The molecule has 0 unspecified atom stereocenters. The Morgan fingerprint density at radius 2 is 2.05 bits per heavy atom. The zero-order valence-electron chi connectivity index (χ0n) is 11.7. The molecule has 0 radical (unpaired) electrons. The van der Waals surface area contributed by atoms with Crippen molar-refractivity contribution in [2.45, 2.75) is 31.5 Å². The molecule has 7 heteroatoms. The minimum atomic E-state index is -4.56. The van der Waals surface area contributed by atoms with Gasteiger partial charge >= 0.3 is 12.1 Å². The van der Waals surface area contributed by atoms with E-state index in [2.05, 4.69) is 11.9 Å². The summed E-state index contributed by atoms with van der Waals surface area (Å²) in [6.45, 7) is 3.50. The quantitative estimate of drug-likeness (QED) is 0.599. The van der Waals surface area contributed by atoms with E-state index in [1.807, 2.05) is 0 Å². The van der Waals surface area contributed by atoms with Gasteiger partial charge in [0.25, 0.3) is 5.91 Å². The van der Waals surface area contributed by atoms with Gasteiger partial charge < -0.3 is 10.4 Å². The molecule has 120 valence electrons. The van der Waals surface area contributed by atoms with Gasteiger partial charge in [-0.2, -0.15) is 13.2 Å². The number of benzene rings is 1. The number of halogens is 3. The first-order chi connectivity index (χ1) is 10.3. The molecule has 22 heavy (non-hydrogen) atoms. The molecule has 4 nitrogen and oxygen atoms in total. The highest BCUT2D eigenvalue weighted by atomic mass is 19.4. The lowest BCUT2D eigenvalue weighted by Gasteiger charge is -2.15. The zero-order valence-corrected chi connectivity index (χ0v) is 11.7. The molecular weight excluding hydrogens is 299 g/mol. The molecule has 1 amide bonds. The van der Waals surface area contributed by atoms with E-state index in [4.69, 9.17) is 5.11 Å². The lowest BCUT2D eigenvalue weighted by atomic mass is 10.1. The van der Waals surface area contributed by atoms with Crippen LogP contribution in [0.25, 0.3) is 0 Å². The first-order valence-corrected chi connectivity index (χ1v) is 6.57. The third kappa shape index (κ3) is 5.23. The van der Waals surface area contributed by atoms with Gasteiger partial charge in [0.15, 0.2) is 0 Å². The van der Waals surface area contributed by atoms with Crippen LogP contribution in [0.5, 0.6) is 0 Å². The van der Waals surface area contributed by atoms with Crippen molar-refractivity contribution in [1.29, 1.82) is 0 Å². The molecule has 0 saturated heterocycles. The van der Waals surface area contributed by atoms with Crippen LogP contribution in [0.15, 0.2) is 36.9 Å². The lowest BCUT2D eigenvalue weighted by Crippen LogP contribution is -2.40. The second kappa shape index (κ2) is 7.63. The molecule has 0 spiro atoms. The number of carboxylic acid groups (broad SMARTS) is 1. The molecular formula is C15H16F3NO3. The molecule has 2 N–H and O–H groups in total. The summed E-state index contributed by atoms with van der Waals surface area (Å²) in [6, 6.07) is 2.69. The number of aliphatic carboxylic acids is 1. The third-order valence-electron chi connectivity index (χ3n) is 2.96. The highest BCUT2D eigenvalue weighted by Crippen LogP contribution is 2.29. The van der Waals surface area contributed by atoms with Crippen LogP contribution < -0.4 is 5.32 Å². The van der Waals surface area contributed by atoms with Crippen LogP contribution in [0, 0.1) is 0 Å². The molecule has 0 aromatic heterocycles. The molecule has 1 aromatic rings. The maximum absolute atomic E-state index is 12.6. The number of rotatable bonds is 7. The number of allylic oxidation sites excluding steroid dienone is 1. The maximum Gasteiger partial charge on any atom is 0.416 e. The highest BCUT2D eigenvalue weighted by Gasteiger charge is 2.31. The molecule has 0 aliphatic carbocycles. The molecule has 0 heterocycles. The average molecular weight is 315 g/mol. The van der Waals surface area contributed by atoms with Gasteiger partial charge in [-0.15, -0.1) is 6.58 Å². The van der Waals surface area contributed by atoms with Crippen molar-refractivity contribution in [1.82, 2.24) is 5.32 Å². The predicted octanol–water partition coefficient (Wildman–Crippen LogP) is 3.24. The summed E-state index contributed by atoms with van der Waals surface area (Å²) in [4.78, 5) is 23.0. The first kappa shape index (κ1) is 17.7. The van der Waals surface area contributed by atoms with Gasteiger partial charge in [0.1, 0.15) is 6.04 Å². The molecule has 0 bridgehead atoms. The predicted molar refractivity (Wildman–Crippen MR) is 74.4 cm³/mol. The van der Waals surface area contributed by atoms with Gasteiger partial charge in [0, 0.05) is 5.56 Å². The molecule has 1 aromatic carbocycles. The fourth-order valence-electron chi connectivity index (χ4n) is 1.80. The Kier molecular flexibility index (Phi) is 6.15. The molecule has 0 fully saturated rings. The Bertz CT molecular complexity index is 555. The van der Waals surface area contributed by atoms with E-state index < -0.39 is 29.7 Å². The van der Waals surface area contributed by atoms with E-state index in [0.29, 0.717) is 18.9 Å². The fraction of sp³-hybridized carbons (Fsp3) is 0.333. The van der Waals surface area contributed by atoms with Crippen LogP contribution in [0.2, 0.25) is 0 Å². The SMILES string of the molecule is C=CCCC[C@@H](NC(=O)c1cccc(C(F)(F)F)c1)C(=O)O. The van der Waals surface area contributed by atoms with Crippen LogP contribution in [0.4, 0.5) is 13.2 Å². The van der Waals surface area contributed by atoms with Crippen LogP contribution in [-0.2, 0) is 11.0 Å². The van der Waals surface area contributed by atoms with Crippen molar-refractivity contribution >= 4 is 11.9 Å². The molecule has 0 aliphatic rings. The number of hydrogen-bond acceptors (Lipinski definition) is 2. The van der Waals surface area contributed by atoms with Gasteiger partial charge in [-0.3, -0.25) is 4.79 Å². The molecule has 0 aliphatic heterocycles. The van der Waals surface area contributed by atoms with Crippen molar-refractivity contribution < 1.29 is 27.9 Å². The zero-order chi connectivity index (χ0) is 16.8. The normalized spacial score (nSPS) is 12.5. The summed E-state index contributed by atoms with van der Waals surface area (Å²) in [6.07, 6.45) is -1.68. The van der Waals surface area contributed by atoms with Crippen molar-refractivity contribution in [2.24, 2.45) is 0 Å². The first-order valence-electron chi connectivity index (χ1n) is 6.57. The molecule has 0 saturated carbocycles. The van der Waals surface area contributed by atoms with Gasteiger partial charge in [0.2, 0.25) is 0 Å². The number of hydrogen-bond donors (Lipinski definition) is 2. The van der Waals surface area contributed by atoms with Crippen molar-refractivity contribution in [3.05, 3.63) is 48.0 Å². The Labute approximate surface area is 125 Å². The Hall–Kier alpha value is -2.31. The maximum atomic E-state index is 12.6. The van der Waals surface area contributed by atoms with E-state index in [-0.39, 0.29) is 12.0 Å². The fourth-order valence-corrected chi connectivity index (χ4v) is 1.80. The molecule has 1 rings (SSSR count). The average Bonchev–Trinajstić information content (AvgIpc) is 2.45. The van der Waals surface area contributed by atoms with Gasteiger partial charge in [0.05, 0.1) is 5.56 Å². The van der Waals surface area contributed by atoms with Gasteiger partial charge in [-0.05, 0) is 37.5 Å². The minimum absolute atomic E-state index is 0.173. The van der Waals surface area contributed by atoms with E-state index >= 15 is 0 Å². The monoisotopic (exact) mass is 315 g/mol. The van der Waals surface area contributed by atoms with Gasteiger partial charge in [-0.25, -0.2) is 4.79 Å². The number of unbranched alkanes of at least 4 members (excludes halogenated alkanes) is 1. The standard InChI is InChI=1S/C15H16F3NO3/c1-2-3-4-8-12(14(21)22)19-13(20)10-6-5-7-11(9-10)15(16,17)18/h2,5-7,9,12H,1,3-4,8H2,(H,19,20)(H,21,22)/t12-/m1/s1. The number of carbonyl (C=O) groups is 2. The molecule has 1 atom stereocenters. The third-order valence-corrected chi connectivity index (χ3v) is 2.96. The summed E-state index contributed by atoms with van der Waals surface area (Å²) in [5.74, 6) is -2.08. The summed E-state index contributed by atoms with van der Waals surface area (Å²) in [7, 11) is 0. The number of nitrogens with one attached hydrogen (secondary N) is 1. The lowest BCUT2D eigenvalue weighted by molar-refractivity contribution is -0.139. The van der Waals surface area contributed by atoms with Crippen molar-refractivity contribution in [3.8, 4) is 0 Å². The second-order valence-electron chi connectivity index (χ2n) is 4.66. The number of carbonyl (C=O) groups excluding carboxylic acids is 1. The Morgan fingerprint density at radius 1 is 1.36 bits per heavy atom. The Balaban J connectivity index is 2.81. The summed E-state index contributed by atoms with van der Waals surface area (Å²) in [5.41, 5.74) is -1.19. The van der Waals surface area contributed by atoms with E-state index in [1.54, 1.807) is 6.08 Å². The largest absolute Gasteiger partial charge is 0.480 e. The van der Waals surface area contributed by atoms with E-state index in [9.17, 15) is 22.8 Å². The summed E-state index contributed by atoms with van der Waals surface area (Å²) < 4.78 is 37.8. The topological polar surface area (TPSA) is 66.4 Å². The van der Waals surface area contributed by atoms with Crippen LogP contribution >= 0.6 is 0 Å². The van der Waals surface area contributed by atoms with Crippen LogP contribution in [0.1, 0.15) is 35.2 Å². The second-order valence-corrected chi connectivity index (χ2v) is 4.66.